The summed E-state index contributed by atoms with van der Waals surface area (Å²) >= 11 is 0. The number of rotatable bonds is 16. The summed E-state index contributed by atoms with van der Waals surface area (Å²) in [6, 6.07) is 0. The molecule has 0 saturated heterocycles. The molecule has 0 aromatic carbocycles. The molecule has 0 aromatic heterocycles. The van der Waals surface area contributed by atoms with Gasteiger partial charge < -0.3 is 14.4 Å². The molecule has 6 heteroatoms. The molecular weight excluding hydrogens is 312 g/mol. The van der Waals surface area contributed by atoms with Gasteiger partial charge in [-0.2, -0.15) is 0 Å². The second-order valence-electron chi connectivity index (χ2n) is 7.28. The van der Waals surface area contributed by atoms with Crippen molar-refractivity contribution < 1.29 is 17.5 Å². The van der Waals surface area contributed by atoms with E-state index in [0.717, 1.165) is 24.1 Å². The Bertz CT molecular complexity index is 370. The number of hydrogen-bond acceptors (Lipinski definition) is 4. The number of hydrogen-bond donors (Lipinski definition) is 1. The van der Waals surface area contributed by atoms with E-state index < -0.39 is 10.1 Å². The van der Waals surface area contributed by atoms with Crippen molar-refractivity contribution >= 4 is 10.1 Å². The Labute approximate surface area is 144 Å². The van der Waals surface area contributed by atoms with Gasteiger partial charge in [-0.3, -0.25) is 0 Å². The molecule has 0 atom stereocenters. The average molecular weight is 351 g/mol. The molecule has 0 rings (SSSR count). The van der Waals surface area contributed by atoms with Crippen LogP contribution < -0.4 is 5.32 Å². The highest BCUT2D eigenvalue weighted by atomic mass is 32.2. The van der Waals surface area contributed by atoms with Crippen molar-refractivity contribution in [1.29, 1.82) is 0 Å². The van der Waals surface area contributed by atoms with Gasteiger partial charge in [0.15, 0.2) is 0 Å². The first-order valence-electron chi connectivity index (χ1n) is 9.17. The van der Waals surface area contributed by atoms with E-state index in [0.29, 0.717) is 6.42 Å². The summed E-state index contributed by atoms with van der Waals surface area (Å²) in [7, 11) is 2.18. The Morgan fingerprint density at radius 3 is 1.70 bits per heavy atom. The molecule has 0 bridgehead atoms. The Kier molecular flexibility index (Phi) is 13.1. The second-order valence-corrected chi connectivity index (χ2v) is 8.81. The molecule has 0 amide bonds. The predicted octanol–water partition coefficient (Wildman–Crippen LogP) is 2.73. The van der Waals surface area contributed by atoms with Crippen molar-refractivity contribution in [3.05, 3.63) is 0 Å². The SMILES string of the molecule is CNCCCCCCCCCCC[N+](C)(C)CCCS(=O)(=O)[O-]. The van der Waals surface area contributed by atoms with Crippen LogP contribution in [0.4, 0.5) is 0 Å². The maximum atomic E-state index is 10.6. The monoisotopic (exact) mass is 350 g/mol. The summed E-state index contributed by atoms with van der Waals surface area (Å²) in [5.41, 5.74) is 0. The van der Waals surface area contributed by atoms with E-state index >= 15 is 0 Å². The summed E-state index contributed by atoms with van der Waals surface area (Å²) in [4.78, 5) is 0. The highest BCUT2D eigenvalue weighted by Crippen LogP contribution is 2.11. The summed E-state index contributed by atoms with van der Waals surface area (Å²) in [6.45, 7) is 2.95. The van der Waals surface area contributed by atoms with Gasteiger partial charge in [0.1, 0.15) is 0 Å². The van der Waals surface area contributed by atoms with Crippen LogP contribution in [0.2, 0.25) is 0 Å². The molecule has 5 nitrogen and oxygen atoms in total. The summed E-state index contributed by atoms with van der Waals surface area (Å²) in [5, 5.41) is 3.18. The van der Waals surface area contributed by atoms with E-state index in [4.69, 9.17) is 0 Å². The van der Waals surface area contributed by atoms with Crippen LogP contribution in [0, 0.1) is 0 Å². The molecule has 0 aliphatic heterocycles. The Morgan fingerprint density at radius 2 is 1.22 bits per heavy atom. The van der Waals surface area contributed by atoms with E-state index in [1.807, 2.05) is 7.05 Å². The highest BCUT2D eigenvalue weighted by molar-refractivity contribution is 7.85. The van der Waals surface area contributed by atoms with E-state index in [1.54, 1.807) is 0 Å². The molecule has 0 fully saturated rings. The van der Waals surface area contributed by atoms with Gasteiger partial charge in [0.25, 0.3) is 0 Å². The standard InChI is InChI=1S/C17H38N2O3S/c1-18-14-11-9-7-5-4-6-8-10-12-15-19(2,3)16-13-17-23(20,21)22/h18H,4-17H2,1-3H3. The Balaban J connectivity index is 3.42. The van der Waals surface area contributed by atoms with Crippen LogP contribution in [0.5, 0.6) is 0 Å². The summed E-state index contributed by atoms with van der Waals surface area (Å²) < 4.78 is 32.6. The predicted molar refractivity (Wildman–Crippen MR) is 96.5 cm³/mol. The van der Waals surface area contributed by atoms with E-state index in [9.17, 15) is 13.0 Å². The molecule has 0 spiro atoms. The van der Waals surface area contributed by atoms with Gasteiger partial charge in [0.05, 0.1) is 37.3 Å². The minimum Gasteiger partial charge on any atom is -0.748 e. The van der Waals surface area contributed by atoms with E-state index in [2.05, 4.69) is 19.4 Å². The molecule has 0 aliphatic carbocycles. The first-order chi connectivity index (χ1) is 10.8. The van der Waals surface area contributed by atoms with Crippen LogP contribution in [-0.4, -0.2) is 64.0 Å². The summed E-state index contributed by atoms with van der Waals surface area (Å²) in [5.74, 6) is -0.233. The third-order valence-corrected chi connectivity index (χ3v) is 5.14. The molecule has 0 unspecified atom stereocenters. The van der Waals surface area contributed by atoms with Gasteiger partial charge >= 0.3 is 0 Å². The molecule has 0 heterocycles. The van der Waals surface area contributed by atoms with Crippen molar-refractivity contribution in [2.24, 2.45) is 0 Å². The van der Waals surface area contributed by atoms with Crippen LogP contribution in [0.1, 0.15) is 64.2 Å². The van der Waals surface area contributed by atoms with Crippen molar-refractivity contribution in [1.82, 2.24) is 5.32 Å². The molecule has 0 aliphatic rings. The fourth-order valence-corrected chi connectivity index (χ4v) is 3.34. The first-order valence-corrected chi connectivity index (χ1v) is 10.7. The quantitative estimate of drug-likeness (QED) is 0.264. The smallest absolute Gasteiger partial charge is 0.0948 e. The third kappa shape index (κ3) is 18.0. The van der Waals surface area contributed by atoms with Gasteiger partial charge in [-0.05, 0) is 32.9 Å². The highest BCUT2D eigenvalue weighted by Gasteiger charge is 2.14. The topological polar surface area (TPSA) is 69.2 Å². The zero-order chi connectivity index (χ0) is 17.6. The number of nitrogens with one attached hydrogen (secondary N) is 1. The number of unbranched alkanes of at least 4 members (excludes halogenated alkanes) is 8. The van der Waals surface area contributed by atoms with Gasteiger partial charge in [-0.15, -0.1) is 0 Å². The lowest BCUT2D eigenvalue weighted by molar-refractivity contribution is -0.890. The molecule has 1 N–H and O–H groups in total. The van der Waals surface area contributed by atoms with Gasteiger partial charge in [0.2, 0.25) is 0 Å². The lowest BCUT2D eigenvalue weighted by Gasteiger charge is -2.30. The van der Waals surface area contributed by atoms with Crippen LogP contribution in [-0.2, 0) is 10.1 Å². The number of quaternary nitrogens is 1. The minimum absolute atomic E-state index is 0.233. The fraction of sp³-hybridized carbons (Fsp3) is 1.00. The molecule has 0 aromatic rings. The third-order valence-electron chi connectivity index (χ3n) is 4.35. The van der Waals surface area contributed by atoms with Gasteiger partial charge in [0, 0.05) is 12.2 Å². The minimum atomic E-state index is -4.06. The number of nitrogens with zero attached hydrogens (tertiary/aromatic N) is 1. The average Bonchev–Trinajstić information content (AvgIpc) is 2.43. The Hall–Kier alpha value is -0.170. The van der Waals surface area contributed by atoms with Crippen LogP contribution in [0.15, 0.2) is 0 Å². The normalized spacial score (nSPS) is 12.7. The van der Waals surface area contributed by atoms with E-state index in [1.165, 1.54) is 57.8 Å². The van der Waals surface area contributed by atoms with Crippen LogP contribution in [0.3, 0.4) is 0 Å². The van der Waals surface area contributed by atoms with Crippen LogP contribution in [0.25, 0.3) is 0 Å². The van der Waals surface area contributed by atoms with Crippen molar-refractivity contribution in [3.8, 4) is 0 Å². The lowest BCUT2D eigenvalue weighted by atomic mass is 10.1. The van der Waals surface area contributed by atoms with Gasteiger partial charge in [-0.25, -0.2) is 8.42 Å². The van der Waals surface area contributed by atoms with Crippen molar-refractivity contribution in [2.45, 2.75) is 64.2 Å². The zero-order valence-electron chi connectivity index (χ0n) is 15.5. The maximum Gasteiger partial charge on any atom is 0.0948 e. The maximum absolute atomic E-state index is 10.6. The van der Waals surface area contributed by atoms with Crippen molar-refractivity contribution in [2.75, 3.05) is 46.5 Å². The molecule has 140 valence electrons. The fourth-order valence-electron chi connectivity index (χ4n) is 2.86. The summed E-state index contributed by atoms with van der Waals surface area (Å²) in [6.07, 6.45) is 12.2. The lowest BCUT2D eigenvalue weighted by Crippen LogP contribution is -2.41. The first kappa shape index (κ1) is 22.8. The second kappa shape index (κ2) is 13.2. The molecule has 0 radical (unpaired) electrons. The van der Waals surface area contributed by atoms with E-state index in [-0.39, 0.29) is 5.75 Å². The zero-order valence-corrected chi connectivity index (χ0v) is 16.3. The van der Waals surface area contributed by atoms with Gasteiger partial charge in [-0.1, -0.05) is 38.5 Å². The molecular formula is C17H38N2O3S. The molecule has 0 saturated carbocycles. The Morgan fingerprint density at radius 1 is 0.783 bits per heavy atom. The largest absolute Gasteiger partial charge is 0.748 e. The molecule has 23 heavy (non-hydrogen) atoms. The van der Waals surface area contributed by atoms with Crippen molar-refractivity contribution in [3.63, 3.8) is 0 Å². The van der Waals surface area contributed by atoms with Crippen LogP contribution >= 0.6 is 0 Å².